The highest BCUT2D eigenvalue weighted by molar-refractivity contribution is 8.00. The number of rotatable bonds is 6. The molecule has 0 bridgehead atoms. The van der Waals surface area contributed by atoms with E-state index in [4.69, 9.17) is 5.26 Å². The number of H-pyrrole nitrogens is 1. The molecule has 2 heterocycles. The number of hydrogen-bond donors (Lipinski definition) is 3. The number of fused-ring (bicyclic) bond motifs is 1. The second-order valence-electron chi connectivity index (χ2n) is 7.48. The fourth-order valence-corrected chi connectivity index (χ4v) is 3.99. The largest absolute Gasteiger partial charge is 0.346 e. The number of amides is 1. The molecule has 1 aliphatic carbocycles. The van der Waals surface area contributed by atoms with E-state index in [0.717, 1.165) is 45.6 Å². The van der Waals surface area contributed by atoms with Crippen molar-refractivity contribution < 1.29 is 4.79 Å². The number of carbonyl (C=O) groups is 1. The van der Waals surface area contributed by atoms with Crippen LogP contribution in [0.4, 0.5) is 11.5 Å². The monoisotopic (exact) mass is 425 g/mol. The third-order valence-electron chi connectivity index (χ3n) is 5.19. The molecule has 3 N–H and O–H groups in total. The molecular weight excluding hydrogens is 406 g/mol. The van der Waals surface area contributed by atoms with Gasteiger partial charge in [-0.2, -0.15) is 5.26 Å². The average Bonchev–Trinajstić information content (AvgIpc) is 3.56. The summed E-state index contributed by atoms with van der Waals surface area (Å²) in [5.74, 6) is 0.743. The fourth-order valence-electron chi connectivity index (χ4n) is 3.35. The first kappa shape index (κ1) is 19.2. The van der Waals surface area contributed by atoms with Gasteiger partial charge in [-0.25, -0.2) is 4.98 Å². The van der Waals surface area contributed by atoms with Crippen LogP contribution in [0.2, 0.25) is 0 Å². The van der Waals surface area contributed by atoms with E-state index in [-0.39, 0.29) is 11.8 Å². The summed E-state index contributed by atoms with van der Waals surface area (Å²) in [6.07, 6.45) is 3.77. The number of aromatic nitrogens is 2. The molecule has 1 saturated carbocycles. The number of nitrogens with zero attached hydrogens (tertiary/aromatic N) is 2. The Morgan fingerprint density at radius 1 is 1.10 bits per heavy atom. The highest BCUT2D eigenvalue weighted by Crippen LogP contribution is 2.33. The zero-order chi connectivity index (χ0) is 21.2. The number of anilines is 2. The molecule has 1 amide bonds. The molecule has 7 heteroatoms. The Morgan fingerprint density at radius 3 is 2.58 bits per heavy atom. The highest BCUT2D eigenvalue weighted by atomic mass is 32.2. The van der Waals surface area contributed by atoms with Crippen LogP contribution in [0.25, 0.3) is 22.2 Å². The van der Waals surface area contributed by atoms with Crippen LogP contribution in [0.15, 0.2) is 71.8 Å². The number of carbonyl (C=O) groups excluding carboxylic acids is 1. The maximum atomic E-state index is 12.2. The maximum absolute atomic E-state index is 12.2. The number of benzene rings is 2. The van der Waals surface area contributed by atoms with Crippen molar-refractivity contribution >= 4 is 40.4 Å². The van der Waals surface area contributed by atoms with Gasteiger partial charge in [0.1, 0.15) is 11.5 Å². The Balaban J connectivity index is 1.35. The summed E-state index contributed by atoms with van der Waals surface area (Å²) >= 11 is 1.49. The summed E-state index contributed by atoms with van der Waals surface area (Å²) in [6.45, 7) is 0. The van der Waals surface area contributed by atoms with E-state index in [0.29, 0.717) is 11.4 Å². The summed E-state index contributed by atoms with van der Waals surface area (Å²) in [5, 5.41) is 12.9. The van der Waals surface area contributed by atoms with Crippen molar-refractivity contribution in [2.75, 3.05) is 10.0 Å². The Kier molecular flexibility index (Phi) is 5.06. The van der Waals surface area contributed by atoms with E-state index < -0.39 is 0 Å². The SMILES string of the molecule is N#Cc1ccc(SNc2ccc(-c3cc(NC(=O)C4CC4)nc4[nH]ccc34)cc2)cc1. The first-order valence-corrected chi connectivity index (χ1v) is 10.8. The summed E-state index contributed by atoms with van der Waals surface area (Å²) in [7, 11) is 0. The smallest absolute Gasteiger partial charge is 0.228 e. The molecule has 0 saturated heterocycles. The molecule has 1 aliphatic rings. The molecule has 1 fully saturated rings. The van der Waals surface area contributed by atoms with E-state index >= 15 is 0 Å². The Labute approximate surface area is 183 Å². The van der Waals surface area contributed by atoms with Gasteiger partial charge >= 0.3 is 0 Å². The van der Waals surface area contributed by atoms with Crippen LogP contribution in [0, 0.1) is 17.2 Å². The molecule has 152 valence electrons. The summed E-state index contributed by atoms with van der Waals surface area (Å²) < 4.78 is 3.32. The third-order valence-corrected chi connectivity index (χ3v) is 6.04. The molecule has 2 aromatic heterocycles. The lowest BCUT2D eigenvalue weighted by atomic mass is 10.0. The van der Waals surface area contributed by atoms with Crippen LogP contribution >= 0.6 is 11.9 Å². The first-order valence-electron chi connectivity index (χ1n) is 10.0. The van der Waals surface area contributed by atoms with Gasteiger partial charge < -0.3 is 15.0 Å². The first-order chi connectivity index (χ1) is 15.2. The van der Waals surface area contributed by atoms with E-state index in [1.54, 1.807) is 12.1 Å². The van der Waals surface area contributed by atoms with E-state index in [2.05, 4.69) is 38.2 Å². The summed E-state index contributed by atoms with van der Waals surface area (Å²) in [5.41, 5.74) is 4.43. The quantitative estimate of drug-likeness (QED) is 0.351. The van der Waals surface area contributed by atoms with Crippen LogP contribution in [0.3, 0.4) is 0 Å². The molecule has 0 atom stereocenters. The molecule has 0 aliphatic heterocycles. The predicted octanol–water partition coefficient (Wildman–Crippen LogP) is 5.57. The van der Waals surface area contributed by atoms with Crippen molar-refractivity contribution in [2.24, 2.45) is 5.92 Å². The third kappa shape index (κ3) is 4.25. The zero-order valence-corrected chi connectivity index (χ0v) is 17.4. The standard InChI is InChI=1S/C24H19N5OS/c25-14-15-1-9-19(10-2-15)31-29-18-7-5-16(6-8-18)21-13-22(28-24(30)17-3-4-17)27-23-20(21)11-12-26-23/h1-2,5-13,17,29H,3-4H2,(H2,26,27,28,30). The lowest BCUT2D eigenvalue weighted by molar-refractivity contribution is -0.117. The van der Waals surface area contributed by atoms with Gasteiger partial charge in [-0.05, 0) is 84.4 Å². The predicted molar refractivity (Wildman–Crippen MR) is 124 cm³/mol. The van der Waals surface area contributed by atoms with Gasteiger partial charge in [0.05, 0.1) is 11.6 Å². The summed E-state index contributed by atoms with van der Waals surface area (Å²) in [6, 6.07) is 21.6. The number of pyridine rings is 1. The van der Waals surface area contributed by atoms with Gasteiger partial charge in [0.25, 0.3) is 0 Å². The second-order valence-corrected chi connectivity index (χ2v) is 8.36. The van der Waals surface area contributed by atoms with E-state index in [9.17, 15) is 4.79 Å². The van der Waals surface area contributed by atoms with Crippen molar-refractivity contribution in [2.45, 2.75) is 17.7 Å². The van der Waals surface area contributed by atoms with Crippen molar-refractivity contribution in [3.05, 3.63) is 72.4 Å². The Bertz CT molecular complexity index is 1280. The zero-order valence-electron chi connectivity index (χ0n) is 16.6. The van der Waals surface area contributed by atoms with Gasteiger partial charge in [-0.15, -0.1) is 0 Å². The van der Waals surface area contributed by atoms with E-state index in [1.807, 2.05) is 42.6 Å². The lowest BCUT2D eigenvalue weighted by Crippen LogP contribution is -2.14. The number of nitrogens with one attached hydrogen (secondary N) is 3. The van der Waals surface area contributed by atoms with Crippen LogP contribution in [-0.2, 0) is 4.79 Å². The minimum atomic E-state index is 0.0451. The minimum absolute atomic E-state index is 0.0451. The molecule has 0 radical (unpaired) electrons. The van der Waals surface area contributed by atoms with Gasteiger partial charge in [-0.3, -0.25) is 4.79 Å². The Hall–Kier alpha value is -3.76. The number of hydrogen-bond acceptors (Lipinski definition) is 5. The molecule has 5 rings (SSSR count). The molecule has 4 aromatic rings. The highest BCUT2D eigenvalue weighted by Gasteiger charge is 2.30. The molecule has 0 spiro atoms. The number of aromatic amines is 1. The number of nitriles is 1. The topological polar surface area (TPSA) is 93.6 Å². The molecule has 31 heavy (non-hydrogen) atoms. The molecule has 0 unspecified atom stereocenters. The minimum Gasteiger partial charge on any atom is -0.346 e. The van der Waals surface area contributed by atoms with Gasteiger partial charge in [0.15, 0.2) is 0 Å². The summed E-state index contributed by atoms with van der Waals surface area (Å²) in [4.78, 5) is 20.9. The normalized spacial score (nSPS) is 13.0. The second kappa shape index (κ2) is 8.17. The van der Waals surface area contributed by atoms with Crippen LogP contribution in [0.1, 0.15) is 18.4 Å². The van der Waals surface area contributed by atoms with Crippen molar-refractivity contribution in [1.29, 1.82) is 5.26 Å². The maximum Gasteiger partial charge on any atom is 0.228 e. The van der Waals surface area contributed by atoms with Gasteiger partial charge in [0, 0.05) is 28.1 Å². The average molecular weight is 426 g/mol. The van der Waals surface area contributed by atoms with Crippen LogP contribution < -0.4 is 10.0 Å². The lowest BCUT2D eigenvalue weighted by Gasteiger charge is -2.10. The van der Waals surface area contributed by atoms with Crippen LogP contribution in [0.5, 0.6) is 0 Å². The molecular formula is C24H19N5OS. The van der Waals surface area contributed by atoms with Crippen molar-refractivity contribution in [3.8, 4) is 17.2 Å². The van der Waals surface area contributed by atoms with Gasteiger partial charge in [-0.1, -0.05) is 12.1 Å². The molecule has 6 nitrogen and oxygen atoms in total. The Morgan fingerprint density at radius 2 is 1.87 bits per heavy atom. The fraction of sp³-hybridized carbons (Fsp3) is 0.125. The van der Waals surface area contributed by atoms with E-state index in [1.165, 1.54) is 11.9 Å². The van der Waals surface area contributed by atoms with Crippen molar-refractivity contribution in [3.63, 3.8) is 0 Å². The van der Waals surface area contributed by atoms with Crippen LogP contribution in [-0.4, -0.2) is 15.9 Å². The molecule has 2 aromatic carbocycles. The van der Waals surface area contributed by atoms with Gasteiger partial charge in [0.2, 0.25) is 5.91 Å². The van der Waals surface area contributed by atoms with Crippen molar-refractivity contribution in [1.82, 2.24) is 9.97 Å².